The van der Waals surface area contributed by atoms with Gasteiger partial charge in [-0.15, -0.1) is 0 Å². The van der Waals surface area contributed by atoms with Crippen LogP contribution < -0.4 is 0 Å². The van der Waals surface area contributed by atoms with Crippen LogP contribution in [0, 0.1) is 0 Å². The Hall–Kier alpha value is -0.300. The molecule has 1 N–H and O–H groups in total. The minimum atomic E-state index is -0.218. The summed E-state index contributed by atoms with van der Waals surface area (Å²) in [5.74, 6) is 0. The van der Waals surface area contributed by atoms with Gasteiger partial charge in [0.15, 0.2) is 0 Å². The standard InChI is InChI=1S/C7H14O/c1-3-5-7(8)6-4-2/h3,5,7-8H,4,6H2,1-2H3/b5-3-/t7-/m0/s1. The van der Waals surface area contributed by atoms with Gasteiger partial charge >= 0.3 is 0 Å². The van der Waals surface area contributed by atoms with E-state index in [1.165, 1.54) is 0 Å². The molecule has 0 radical (unpaired) electrons. The highest BCUT2D eigenvalue weighted by molar-refractivity contribution is 4.84. The smallest absolute Gasteiger partial charge is 0.0720 e. The van der Waals surface area contributed by atoms with E-state index < -0.39 is 0 Å². The lowest BCUT2D eigenvalue weighted by molar-refractivity contribution is 0.211. The fourth-order valence-corrected chi connectivity index (χ4v) is 0.614. The Balaban J connectivity index is 3.17. The third-order valence-electron chi connectivity index (χ3n) is 0.999. The van der Waals surface area contributed by atoms with Gasteiger partial charge in [0, 0.05) is 0 Å². The summed E-state index contributed by atoms with van der Waals surface area (Å²) in [5, 5.41) is 8.96. The van der Waals surface area contributed by atoms with Crippen LogP contribution >= 0.6 is 0 Å². The normalized spacial score (nSPS) is 14.9. The molecule has 0 fully saturated rings. The van der Waals surface area contributed by atoms with Gasteiger partial charge in [-0.3, -0.25) is 0 Å². The molecule has 0 saturated heterocycles. The summed E-state index contributed by atoms with van der Waals surface area (Å²) in [5.41, 5.74) is 0. The molecular weight excluding hydrogens is 100 g/mol. The molecule has 48 valence electrons. The topological polar surface area (TPSA) is 20.2 Å². The van der Waals surface area contributed by atoms with Crippen LogP contribution in [0.5, 0.6) is 0 Å². The van der Waals surface area contributed by atoms with E-state index in [0.717, 1.165) is 12.8 Å². The molecule has 0 amide bonds. The van der Waals surface area contributed by atoms with Crippen molar-refractivity contribution in [2.75, 3.05) is 0 Å². The van der Waals surface area contributed by atoms with Crippen LogP contribution in [0.1, 0.15) is 26.7 Å². The Bertz CT molecular complexity index is 66.8. The molecule has 0 spiro atoms. The summed E-state index contributed by atoms with van der Waals surface area (Å²) in [6.45, 7) is 3.98. The van der Waals surface area contributed by atoms with Crippen molar-refractivity contribution in [2.45, 2.75) is 32.8 Å². The number of aliphatic hydroxyl groups is 1. The lowest BCUT2D eigenvalue weighted by atomic mass is 10.2. The molecule has 0 aromatic heterocycles. The van der Waals surface area contributed by atoms with E-state index in [9.17, 15) is 0 Å². The van der Waals surface area contributed by atoms with Crippen molar-refractivity contribution < 1.29 is 5.11 Å². The number of hydrogen-bond donors (Lipinski definition) is 1. The Morgan fingerprint density at radius 3 is 2.62 bits per heavy atom. The van der Waals surface area contributed by atoms with Gasteiger partial charge in [-0.25, -0.2) is 0 Å². The highest BCUT2D eigenvalue weighted by Crippen LogP contribution is 1.95. The summed E-state index contributed by atoms with van der Waals surface area (Å²) in [4.78, 5) is 0. The van der Waals surface area contributed by atoms with Crippen LogP contribution in [-0.2, 0) is 0 Å². The van der Waals surface area contributed by atoms with Crippen molar-refractivity contribution in [3.63, 3.8) is 0 Å². The molecule has 0 heterocycles. The first-order valence-corrected chi connectivity index (χ1v) is 3.12. The van der Waals surface area contributed by atoms with Crippen LogP contribution in [0.25, 0.3) is 0 Å². The zero-order valence-electron chi connectivity index (χ0n) is 5.59. The lowest BCUT2D eigenvalue weighted by Crippen LogP contribution is -1.99. The van der Waals surface area contributed by atoms with Crippen LogP contribution in [0.2, 0.25) is 0 Å². The second-order valence-electron chi connectivity index (χ2n) is 1.88. The minimum absolute atomic E-state index is 0.218. The van der Waals surface area contributed by atoms with Crippen LogP contribution in [0.4, 0.5) is 0 Å². The van der Waals surface area contributed by atoms with Crippen LogP contribution in [-0.4, -0.2) is 11.2 Å². The zero-order valence-corrected chi connectivity index (χ0v) is 5.59. The average Bonchev–Trinajstić information content (AvgIpc) is 1.68. The monoisotopic (exact) mass is 114 g/mol. The molecule has 0 bridgehead atoms. The largest absolute Gasteiger partial charge is 0.389 e. The van der Waals surface area contributed by atoms with Crippen molar-refractivity contribution in [3.8, 4) is 0 Å². The molecule has 0 aliphatic carbocycles. The number of rotatable bonds is 3. The van der Waals surface area contributed by atoms with Crippen LogP contribution in [0.3, 0.4) is 0 Å². The van der Waals surface area contributed by atoms with Gasteiger partial charge in [0.1, 0.15) is 0 Å². The fourth-order valence-electron chi connectivity index (χ4n) is 0.614. The summed E-state index contributed by atoms with van der Waals surface area (Å²) in [6, 6.07) is 0. The van der Waals surface area contributed by atoms with Gasteiger partial charge in [0.05, 0.1) is 6.10 Å². The SMILES string of the molecule is C/C=C\[C@H](O)CCC. The fraction of sp³-hybridized carbons (Fsp3) is 0.714. The van der Waals surface area contributed by atoms with Crippen molar-refractivity contribution >= 4 is 0 Å². The number of allylic oxidation sites excluding steroid dienone is 1. The maximum atomic E-state index is 8.96. The molecule has 0 aliphatic heterocycles. The lowest BCUT2D eigenvalue weighted by Gasteiger charge is -1.99. The van der Waals surface area contributed by atoms with E-state index in [0.29, 0.717) is 0 Å². The van der Waals surface area contributed by atoms with Crippen molar-refractivity contribution in [2.24, 2.45) is 0 Å². The zero-order chi connectivity index (χ0) is 6.41. The van der Waals surface area contributed by atoms with E-state index in [-0.39, 0.29) is 6.10 Å². The highest BCUT2D eigenvalue weighted by Gasteiger charge is 1.92. The van der Waals surface area contributed by atoms with Crippen molar-refractivity contribution in [1.29, 1.82) is 0 Å². The molecule has 0 aromatic rings. The minimum Gasteiger partial charge on any atom is -0.389 e. The first-order chi connectivity index (χ1) is 3.81. The quantitative estimate of drug-likeness (QED) is 0.554. The third-order valence-corrected chi connectivity index (χ3v) is 0.999. The Kier molecular flexibility index (Phi) is 4.67. The molecular formula is C7H14O. The third kappa shape index (κ3) is 3.88. The molecule has 0 rings (SSSR count). The van der Waals surface area contributed by atoms with E-state index in [4.69, 9.17) is 5.11 Å². The maximum absolute atomic E-state index is 8.96. The van der Waals surface area contributed by atoms with Gasteiger partial charge in [-0.05, 0) is 13.3 Å². The summed E-state index contributed by atoms with van der Waals surface area (Å²) in [6.07, 6.45) is 5.39. The van der Waals surface area contributed by atoms with E-state index >= 15 is 0 Å². The van der Waals surface area contributed by atoms with Gasteiger partial charge in [0.25, 0.3) is 0 Å². The first kappa shape index (κ1) is 7.70. The summed E-state index contributed by atoms with van der Waals surface area (Å²) in [7, 11) is 0. The van der Waals surface area contributed by atoms with Crippen molar-refractivity contribution in [3.05, 3.63) is 12.2 Å². The summed E-state index contributed by atoms with van der Waals surface area (Å²) >= 11 is 0. The van der Waals surface area contributed by atoms with E-state index in [1.54, 1.807) is 0 Å². The molecule has 8 heavy (non-hydrogen) atoms. The van der Waals surface area contributed by atoms with E-state index in [2.05, 4.69) is 6.92 Å². The second kappa shape index (κ2) is 4.85. The second-order valence-corrected chi connectivity index (χ2v) is 1.88. The summed E-state index contributed by atoms with van der Waals surface area (Å²) < 4.78 is 0. The van der Waals surface area contributed by atoms with Crippen LogP contribution in [0.15, 0.2) is 12.2 Å². The average molecular weight is 114 g/mol. The number of aliphatic hydroxyl groups excluding tert-OH is 1. The van der Waals surface area contributed by atoms with Gasteiger partial charge < -0.3 is 5.11 Å². The molecule has 0 saturated carbocycles. The molecule has 0 unspecified atom stereocenters. The number of hydrogen-bond acceptors (Lipinski definition) is 1. The van der Waals surface area contributed by atoms with Gasteiger partial charge in [-0.2, -0.15) is 0 Å². The Morgan fingerprint density at radius 1 is 1.62 bits per heavy atom. The maximum Gasteiger partial charge on any atom is 0.0720 e. The predicted octanol–water partition coefficient (Wildman–Crippen LogP) is 1.72. The highest BCUT2D eigenvalue weighted by atomic mass is 16.3. The molecule has 0 aliphatic rings. The molecule has 1 nitrogen and oxygen atoms in total. The molecule has 0 aromatic carbocycles. The molecule has 1 heteroatoms. The molecule has 1 atom stereocenters. The Labute approximate surface area is 51.0 Å². The van der Waals surface area contributed by atoms with E-state index in [1.807, 2.05) is 19.1 Å². The van der Waals surface area contributed by atoms with Gasteiger partial charge in [0.2, 0.25) is 0 Å². The van der Waals surface area contributed by atoms with Crippen molar-refractivity contribution in [1.82, 2.24) is 0 Å². The predicted molar refractivity (Wildman–Crippen MR) is 35.7 cm³/mol. The van der Waals surface area contributed by atoms with Gasteiger partial charge in [-0.1, -0.05) is 25.5 Å². The Morgan fingerprint density at radius 2 is 2.25 bits per heavy atom. The first-order valence-electron chi connectivity index (χ1n) is 3.12.